The largest absolute Gasteiger partial charge is 0.459 e. The van der Waals surface area contributed by atoms with Gasteiger partial charge in [-0.1, -0.05) is 23.7 Å². The molecule has 0 radical (unpaired) electrons. The molecule has 8 nitrogen and oxygen atoms in total. The molecule has 0 fully saturated rings. The predicted molar refractivity (Wildman–Crippen MR) is 101 cm³/mol. The number of halogens is 1. The summed E-state index contributed by atoms with van der Waals surface area (Å²) in [5.74, 6) is -1.05. The zero-order valence-corrected chi connectivity index (χ0v) is 15.3. The Bertz CT molecular complexity index is 1300. The molecule has 0 amide bonds. The molecule has 4 rings (SSSR count). The quantitative estimate of drug-likeness (QED) is 0.478. The minimum absolute atomic E-state index is 0.0222. The topological polar surface area (TPSA) is 95.8 Å². The van der Waals surface area contributed by atoms with Crippen molar-refractivity contribution in [1.82, 2.24) is 14.0 Å². The van der Waals surface area contributed by atoms with Gasteiger partial charge in [-0.05, 0) is 24.3 Å². The van der Waals surface area contributed by atoms with Gasteiger partial charge >= 0.3 is 11.7 Å². The standard InChI is InChI=1S/C19H14ClN3O5/c20-12-5-6-16-21-13(9-17(24)23(16)10-12)11-27-18(25)7-8-22-14-3-1-2-4-15(14)28-19(22)26/h1-6,9-10H,7-8,11H2. The Balaban J connectivity index is 1.43. The summed E-state index contributed by atoms with van der Waals surface area (Å²) in [6.45, 7) is -0.0186. The number of carbonyl (C=O) groups is 1. The van der Waals surface area contributed by atoms with Crippen molar-refractivity contribution < 1.29 is 13.9 Å². The van der Waals surface area contributed by atoms with Crippen LogP contribution in [0, 0.1) is 0 Å². The van der Waals surface area contributed by atoms with E-state index in [-0.39, 0.29) is 25.1 Å². The van der Waals surface area contributed by atoms with Crippen LogP contribution in [0.2, 0.25) is 5.02 Å². The summed E-state index contributed by atoms with van der Waals surface area (Å²) in [6.07, 6.45) is 1.45. The first-order valence-corrected chi connectivity index (χ1v) is 8.81. The zero-order chi connectivity index (χ0) is 19.7. The van der Waals surface area contributed by atoms with E-state index in [1.807, 2.05) is 0 Å². The van der Waals surface area contributed by atoms with Crippen molar-refractivity contribution in [2.45, 2.75) is 19.6 Å². The number of rotatable bonds is 5. The predicted octanol–water partition coefficient (Wildman–Crippen LogP) is 2.39. The highest BCUT2D eigenvalue weighted by atomic mass is 35.5. The van der Waals surface area contributed by atoms with Crippen LogP contribution in [0.15, 0.2) is 62.7 Å². The maximum Gasteiger partial charge on any atom is 0.419 e. The number of aromatic nitrogens is 3. The smallest absolute Gasteiger partial charge is 0.419 e. The number of para-hydroxylation sites is 2. The molecule has 0 aliphatic heterocycles. The molecule has 0 spiro atoms. The Morgan fingerprint density at radius 2 is 2.00 bits per heavy atom. The van der Waals surface area contributed by atoms with Gasteiger partial charge in [0.05, 0.1) is 22.7 Å². The van der Waals surface area contributed by atoms with Gasteiger partial charge in [0.25, 0.3) is 5.56 Å². The number of fused-ring (bicyclic) bond motifs is 2. The number of carbonyl (C=O) groups excluding carboxylic acids is 1. The molecule has 0 N–H and O–H groups in total. The average Bonchev–Trinajstić information content (AvgIpc) is 3.00. The molecule has 0 bridgehead atoms. The Morgan fingerprint density at radius 1 is 1.18 bits per heavy atom. The Morgan fingerprint density at radius 3 is 2.86 bits per heavy atom. The highest BCUT2D eigenvalue weighted by Crippen LogP contribution is 2.12. The molecule has 4 aromatic rings. The molecule has 3 aromatic heterocycles. The fourth-order valence-corrected chi connectivity index (χ4v) is 3.02. The molecule has 1 aromatic carbocycles. The molecule has 3 heterocycles. The number of hydrogen-bond acceptors (Lipinski definition) is 6. The van der Waals surface area contributed by atoms with Gasteiger partial charge in [0.1, 0.15) is 12.3 Å². The van der Waals surface area contributed by atoms with Crippen LogP contribution in [0.4, 0.5) is 0 Å². The lowest BCUT2D eigenvalue weighted by Crippen LogP contribution is -2.19. The van der Waals surface area contributed by atoms with Gasteiger partial charge in [-0.25, -0.2) is 9.78 Å². The van der Waals surface area contributed by atoms with E-state index in [0.29, 0.717) is 27.5 Å². The lowest BCUT2D eigenvalue weighted by molar-refractivity contribution is -0.145. The highest BCUT2D eigenvalue weighted by molar-refractivity contribution is 6.30. The molecular weight excluding hydrogens is 386 g/mol. The molecule has 0 atom stereocenters. The maximum atomic E-state index is 12.1. The van der Waals surface area contributed by atoms with Crippen molar-refractivity contribution in [2.75, 3.05) is 0 Å². The first kappa shape index (κ1) is 18.0. The molecular formula is C19H14ClN3O5. The molecule has 0 unspecified atom stereocenters. The van der Waals surface area contributed by atoms with E-state index in [1.54, 1.807) is 36.4 Å². The number of nitrogens with zero attached hydrogens (tertiary/aromatic N) is 3. The molecule has 9 heteroatoms. The summed E-state index contributed by atoms with van der Waals surface area (Å²) < 4.78 is 13.0. The van der Waals surface area contributed by atoms with Crippen LogP contribution >= 0.6 is 11.6 Å². The SMILES string of the molecule is O=C(CCn1c(=O)oc2ccccc21)OCc1cc(=O)n2cc(Cl)ccc2n1. The zero-order valence-electron chi connectivity index (χ0n) is 14.5. The van der Waals surface area contributed by atoms with E-state index in [9.17, 15) is 14.4 Å². The summed E-state index contributed by atoms with van der Waals surface area (Å²) in [4.78, 5) is 40.3. The van der Waals surface area contributed by atoms with E-state index in [2.05, 4.69) is 4.98 Å². The molecule has 28 heavy (non-hydrogen) atoms. The van der Waals surface area contributed by atoms with Crippen molar-refractivity contribution >= 4 is 34.3 Å². The van der Waals surface area contributed by atoms with Crippen LogP contribution in [0.3, 0.4) is 0 Å². The summed E-state index contributed by atoms with van der Waals surface area (Å²) >= 11 is 5.87. The lowest BCUT2D eigenvalue weighted by Gasteiger charge is -2.06. The lowest BCUT2D eigenvalue weighted by atomic mass is 10.3. The summed E-state index contributed by atoms with van der Waals surface area (Å²) in [7, 11) is 0. The van der Waals surface area contributed by atoms with Gasteiger partial charge in [0.2, 0.25) is 0 Å². The Hall–Kier alpha value is -3.39. The van der Waals surface area contributed by atoms with Gasteiger partial charge in [-0.15, -0.1) is 0 Å². The number of hydrogen-bond donors (Lipinski definition) is 0. The van der Waals surface area contributed by atoms with Gasteiger partial charge in [-0.3, -0.25) is 18.6 Å². The summed E-state index contributed by atoms with van der Waals surface area (Å²) in [5.41, 5.74) is 1.48. The fourth-order valence-electron chi connectivity index (χ4n) is 2.86. The summed E-state index contributed by atoms with van der Waals surface area (Å²) in [6, 6.07) is 11.5. The monoisotopic (exact) mass is 399 g/mol. The van der Waals surface area contributed by atoms with Crippen molar-refractivity contribution in [3.8, 4) is 0 Å². The molecule has 0 saturated carbocycles. The van der Waals surface area contributed by atoms with E-state index < -0.39 is 11.7 Å². The van der Waals surface area contributed by atoms with Crippen LogP contribution in [0.25, 0.3) is 16.7 Å². The van der Waals surface area contributed by atoms with Gasteiger partial charge in [0.15, 0.2) is 5.58 Å². The van der Waals surface area contributed by atoms with Crippen molar-refractivity contribution in [3.05, 3.63) is 80.3 Å². The number of esters is 1. The van der Waals surface area contributed by atoms with Crippen molar-refractivity contribution in [2.24, 2.45) is 0 Å². The van der Waals surface area contributed by atoms with Crippen LogP contribution < -0.4 is 11.3 Å². The Kier molecular flexibility index (Phi) is 4.70. The van der Waals surface area contributed by atoms with Crippen molar-refractivity contribution in [1.29, 1.82) is 0 Å². The second-order valence-corrected chi connectivity index (χ2v) is 6.50. The fraction of sp³-hybridized carbons (Fsp3) is 0.158. The number of benzene rings is 1. The number of oxazole rings is 1. The van der Waals surface area contributed by atoms with Crippen LogP contribution in [-0.4, -0.2) is 19.9 Å². The second-order valence-electron chi connectivity index (χ2n) is 6.06. The van der Waals surface area contributed by atoms with Gasteiger partial charge in [0, 0.05) is 18.8 Å². The summed E-state index contributed by atoms with van der Waals surface area (Å²) in [5, 5.41) is 0.414. The third-order valence-corrected chi connectivity index (χ3v) is 4.39. The molecule has 0 aliphatic carbocycles. The normalized spacial score (nSPS) is 11.2. The van der Waals surface area contributed by atoms with Crippen LogP contribution in [0.1, 0.15) is 12.1 Å². The second kappa shape index (κ2) is 7.32. The average molecular weight is 400 g/mol. The number of pyridine rings is 1. The minimum atomic E-state index is -0.531. The van der Waals surface area contributed by atoms with Gasteiger partial charge < -0.3 is 9.15 Å². The van der Waals surface area contributed by atoms with Crippen molar-refractivity contribution in [3.63, 3.8) is 0 Å². The Labute approximate surface area is 162 Å². The number of aryl methyl sites for hydroxylation is 1. The number of ether oxygens (including phenoxy) is 1. The molecule has 142 valence electrons. The van der Waals surface area contributed by atoms with Crippen LogP contribution in [0.5, 0.6) is 0 Å². The van der Waals surface area contributed by atoms with Crippen LogP contribution in [-0.2, 0) is 22.7 Å². The van der Waals surface area contributed by atoms with E-state index in [1.165, 1.54) is 21.2 Å². The van der Waals surface area contributed by atoms with E-state index in [0.717, 1.165) is 0 Å². The molecule has 0 aliphatic rings. The van der Waals surface area contributed by atoms with E-state index >= 15 is 0 Å². The first-order valence-electron chi connectivity index (χ1n) is 8.43. The van der Waals surface area contributed by atoms with Gasteiger partial charge in [-0.2, -0.15) is 0 Å². The third-order valence-electron chi connectivity index (χ3n) is 4.17. The minimum Gasteiger partial charge on any atom is -0.459 e. The maximum absolute atomic E-state index is 12.1. The third kappa shape index (κ3) is 3.54. The first-order chi connectivity index (χ1) is 13.5. The van der Waals surface area contributed by atoms with E-state index in [4.69, 9.17) is 20.8 Å². The highest BCUT2D eigenvalue weighted by Gasteiger charge is 2.12. The molecule has 0 saturated heterocycles.